The SMILES string of the molecule is CC(N)CCNC(=O)CCc1cc(F)ccc1F.Cl. The predicted octanol–water partition coefficient (Wildman–Crippen LogP) is 2.17. The molecule has 19 heavy (non-hydrogen) atoms. The van der Waals surface area contributed by atoms with E-state index in [0.717, 1.165) is 18.2 Å². The van der Waals surface area contributed by atoms with Gasteiger partial charge in [0.15, 0.2) is 0 Å². The lowest BCUT2D eigenvalue weighted by atomic mass is 10.1. The van der Waals surface area contributed by atoms with Crippen LogP contribution in [0.1, 0.15) is 25.3 Å². The molecule has 0 saturated carbocycles. The molecule has 1 amide bonds. The van der Waals surface area contributed by atoms with Gasteiger partial charge in [0, 0.05) is 19.0 Å². The minimum absolute atomic E-state index is 0. The minimum Gasteiger partial charge on any atom is -0.356 e. The van der Waals surface area contributed by atoms with Gasteiger partial charge in [0.25, 0.3) is 0 Å². The number of halogens is 3. The van der Waals surface area contributed by atoms with Gasteiger partial charge in [0.2, 0.25) is 5.91 Å². The van der Waals surface area contributed by atoms with Crippen LogP contribution in [0.5, 0.6) is 0 Å². The molecule has 0 heterocycles. The summed E-state index contributed by atoms with van der Waals surface area (Å²) in [6.45, 7) is 2.36. The molecule has 0 aromatic heterocycles. The van der Waals surface area contributed by atoms with Gasteiger partial charge in [0.1, 0.15) is 11.6 Å². The molecule has 0 aliphatic carbocycles. The van der Waals surface area contributed by atoms with Gasteiger partial charge in [-0.05, 0) is 43.5 Å². The third-order valence-electron chi connectivity index (χ3n) is 2.55. The lowest BCUT2D eigenvalue weighted by molar-refractivity contribution is -0.121. The van der Waals surface area contributed by atoms with E-state index in [2.05, 4.69) is 5.32 Å². The number of rotatable bonds is 6. The van der Waals surface area contributed by atoms with Crippen molar-refractivity contribution in [2.45, 2.75) is 32.2 Å². The monoisotopic (exact) mass is 292 g/mol. The molecule has 0 fully saturated rings. The lowest BCUT2D eigenvalue weighted by Crippen LogP contribution is -2.29. The Morgan fingerprint density at radius 3 is 2.74 bits per heavy atom. The van der Waals surface area contributed by atoms with Gasteiger partial charge in [-0.1, -0.05) is 0 Å². The van der Waals surface area contributed by atoms with Gasteiger partial charge in [-0.3, -0.25) is 4.79 Å². The van der Waals surface area contributed by atoms with Gasteiger partial charge >= 0.3 is 0 Å². The zero-order valence-electron chi connectivity index (χ0n) is 10.8. The molecule has 0 saturated heterocycles. The molecule has 1 unspecified atom stereocenters. The topological polar surface area (TPSA) is 55.1 Å². The summed E-state index contributed by atoms with van der Waals surface area (Å²) in [6, 6.07) is 3.27. The molecule has 6 heteroatoms. The molecule has 1 aromatic carbocycles. The fourth-order valence-electron chi connectivity index (χ4n) is 1.51. The Morgan fingerprint density at radius 2 is 2.11 bits per heavy atom. The molecule has 0 aliphatic rings. The minimum atomic E-state index is -0.497. The summed E-state index contributed by atoms with van der Waals surface area (Å²) >= 11 is 0. The third kappa shape index (κ3) is 7.08. The Hall–Kier alpha value is -1.20. The van der Waals surface area contributed by atoms with Crippen molar-refractivity contribution in [1.82, 2.24) is 5.32 Å². The number of benzene rings is 1. The number of hydrogen-bond donors (Lipinski definition) is 2. The highest BCUT2D eigenvalue weighted by atomic mass is 35.5. The Morgan fingerprint density at radius 1 is 1.42 bits per heavy atom. The average molecular weight is 293 g/mol. The number of hydrogen-bond acceptors (Lipinski definition) is 2. The van der Waals surface area contributed by atoms with Crippen molar-refractivity contribution < 1.29 is 13.6 Å². The molecule has 0 aliphatic heterocycles. The molecular formula is C13H19ClF2N2O. The molecule has 3 nitrogen and oxygen atoms in total. The third-order valence-corrected chi connectivity index (χ3v) is 2.55. The van der Waals surface area contributed by atoms with E-state index >= 15 is 0 Å². The van der Waals surface area contributed by atoms with Crippen molar-refractivity contribution in [3.8, 4) is 0 Å². The molecule has 0 radical (unpaired) electrons. The van der Waals surface area contributed by atoms with Crippen molar-refractivity contribution in [1.29, 1.82) is 0 Å². The van der Waals surface area contributed by atoms with Crippen LogP contribution in [0.25, 0.3) is 0 Å². The molecule has 108 valence electrons. The predicted molar refractivity (Wildman–Crippen MR) is 73.2 cm³/mol. The van der Waals surface area contributed by atoms with Gasteiger partial charge in [-0.25, -0.2) is 8.78 Å². The largest absolute Gasteiger partial charge is 0.356 e. The van der Waals surface area contributed by atoms with E-state index in [-0.39, 0.29) is 42.8 Å². The summed E-state index contributed by atoms with van der Waals surface area (Å²) in [4.78, 5) is 11.4. The maximum absolute atomic E-state index is 13.3. The second-order valence-electron chi connectivity index (χ2n) is 4.35. The first kappa shape index (κ1) is 17.8. The summed E-state index contributed by atoms with van der Waals surface area (Å²) < 4.78 is 26.1. The summed E-state index contributed by atoms with van der Waals surface area (Å²) in [5.41, 5.74) is 5.76. The van der Waals surface area contributed by atoms with E-state index in [9.17, 15) is 13.6 Å². The van der Waals surface area contributed by atoms with Crippen LogP contribution in [0.4, 0.5) is 8.78 Å². The first-order valence-corrected chi connectivity index (χ1v) is 5.95. The number of nitrogens with two attached hydrogens (primary N) is 1. The zero-order valence-corrected chi connectivity index (χ0v) is 11.6. The van der Waals surface area contributed by atoms with Crippen LogP contribution < -0.4 is 11.1 Å². The number of carbonyl (C=O) groups excluding carboxylic acids is 1. The molecular weight excluding hydrogens is 274 g/mol. The maximum Gasteiger partial charge on any atom is 0.220 e. The highest BCUT2D eigenvalue weighted by Gasteiger charge is 2.07. The van der Waals surface area contributed by atoms with E-state index in [0.29, 0.717) is 13.0 Å². The van der Waals surface area contributed by atoms with E-state index in [1.807, 2.05) is 6.92 Å². The highest BCUT2D eigenvalue weighted by Crippen LogP contribution is 2.11. The van der Waals surface area contributed by atoms with Crippen LogP contribution in [0.3, 0.4) is 0 Å². The van der Waals surface area contributed by atoms with Crippen LogP contribution in [-0.2, 0) is 11.2 Å². The highest BCUT2D eigenvalue weighted by molar-refractivity contribution is 5.85. The number of nitrogens with one attached hydrogen (secondary N) is 1. The van der Waals surface area contributed by atoms with Crippen LogP contribution in [0.2, 0.25) is 0 Å². The van der Waals surface area contributed by atoms with Crippen LogP contribution >= 0.6 is 12.4 Å². The maximum atomic E-state index is 13.3. The molecule has 3 N–H and O–H groups in total. The van der Waals surface area contributed by atoms with E-state index < -0.39 is 11.6 Å². The molecule has 1 rings (SSSR count). The normalized spacial score (nSPS) is 11.6. The number of aryl methyl sites for hydroxylation is 1. The summed E-state index contributed by atoms with van der Waals surface area (Å²) in [5, 5.41) is 2.68. The standard InChI is InChI=1S/C13H18F2N2O.ClH/c1-9(16)6-7-17-13(18)5-2-10-8-11(14)3-4-12(10)15;/h3-4,8-9H,2,5-7,16H2,1H3,(H,17,18);1H. The second kappa shape index (κ2) is 8.82. The van der Waals surface area contributed by atoms with Gasteiger partial charge in [-0.15, -0.1) is 12.4 Å². The van der Waals surface area contributed by atoms with Crippen LogP contribution in [-0.4, -0.2) is 18.5 Å². The van der Waals surface area contributed by atoms with Crippen molar-refractivity contribution >= 4 is 18.3 Å². The molecule has 1 atom stereocenters. The first-order valence-electron chi connectivity index (χ1n) is 5.95. The fourth-order valence-corrected chi connectivity index (χ4v) is 1.51. The molecule has 1 aromatic rings. The number of carbonyl (C=O) groups is 1. The summed E-state index contributed by atoms with van der Waals surface area (Å²) in [5.74, 6) is -1.16. The quantitative estimate of drug-likeness (QED) is 0.844. The molecule has 0 spiro atoms. The Labute approximate surface area is 118 Å². The van der Waals surface area contributed by atoms with Gasteiger partial charge in [-0.2, -0.15) is 0 Å². The van der Waals surface area contributed by atoms with E-state index in [4.69, 9.17) is 5.73 Å². The summed E-state index contributed by atoms with van der Waals surface area (Å²) in [6.07, 6.45) is 1.02. The number of amides is 1. The summed E-state index contributed by atoms with van der Waals surface area (Å²) in [7, 11) is 0. The van der Waals surface area contributed by atoms with Crippen LogP contribution in [0, 0.1) is 11.6 Å². The second-order valence-corrected chi connectivity index (χ2v) is 4.35. The lowest BCUT2D eigenvalue weighted by Gasteiger charge is -2.07. The average Bonchev–Trinajstić information content (AvgIpc) is 2.30. The van der Waals surface area contributed by atoms with Gasteiger partial charge in [0.05, 0.1) is 0 Å². The first-order chi connectivity index (χ1) is 8.49. The van der Waals surface area contributed by atoms with E-state index in [1.54, 1.807) is 0 Å². The Kier molecular flexibility index (Phi) is 8.27. The Balaban J connectivity index is 0.00000324. The van der Waals surface area contributed by atoms with Gasteiger partial charge < -0.3 is 11.1 Å². The Bertz CT molecular complexity index is 414. The van der Waals surface area contributed by atoms with Crippen molar-refractivity contribution in [2.24, 2.45) is 5.73 Å². The molecule has 0 bridgehead atoms. The van der Waals surface area contributed by atoms with E-state index in [1.165, 1.54) is 0 Å². The van der Waals surface area contributed by atoms with Crippen molar-refractivity contribution in [3.05, 3.63) is 35.4 Å². The van der Waals surface area contributed by atoms with Crippen molar-refractivity contribution in [3.63, 3.8) is 0 Å². The fraction of sp³-hybridized carbons (Fsp3) is 0.462. The van der Waals surface area contributed by atoms with Crippen LogP contribution in [0.15, 0.2) is 18.2 Å². The van der Waals surface area contributed by atoms with Crippen molar-refractivity contribution in [2.75, 3.05) is 6.54 Å². The zero-order chi connectivity index (χ0) is 13.5. The smallest absolute Gasteiger partial charge is 0.220 e.